The number of aromatic nitrogens is 2. The van der Waals surface area contributed by atoms with Crippen LogP contribution in [-0.2, 0) is 9.53 Å². The van der Waals surface area contributed by atoms with Crippen LogP contribution in [0.4, 0.5) is 0 Å². The highest BCUT2D eigenvalue weighted by Gasteiger charge is 2.15. The molecule has 0 saturated heterocycles. The largest absolute Gasteiger partial charge is 0.494 e. The topological polar surface area (TPSA) is 53.4 Å². The maximum atomic E-state index is 11.6. The van der Waals surface area contributed by atoms with Crippen LogP contribution in [0.25, 0.3) is 28.1 Å². The third-order valence-corrected chi connectivity index (χ3v) is 5.58. The Balaban J connectivity index is 1.50. The van der Waals surface area contributed by atoms with Gasteiger partial charge in [0, 0.05) is 23.7 Å². The summed E-state index contributed by atoms with van der Waals surface area (Å²) in [6.45, 7) is 6.44. The summed E-state index contributed by atoms with van der Waals surface area (Å²) in [5.74, 6) is 1.61. The quantitative estimate of drug-likeness (QED) is 0.193. The lowest BCUT2D eigenvalue weighted by molar-refractivity contribution is -0.147. The zero-order chi connectivity index (χ0) is 23.9. The van der Waals surface area contributed by atoms with Gasteiger partial charge < -0.3 is 9.47 Å². The lowest BCUT2D eigenvalue weighted by atomic mass is 10.1. The lowest BCUT2D eigenvalue weighted by Gasteiger charge is -2.11. The maximum Gasteiger partial charge on any atom is 0.306 e. The lowest BCUT2D eigenvalue weighted by Crippen LogP contribution is -2.11. The van der Waals surface area contributed by atoms with Crippen LogP contribution in [0.2, 0.25) is 0 Å². The number of carbonyl (C=O) groups is 1. The Labute approximate surface area is 201 Å². The van der Waals surface area contributed by atoms with Gasteiger partial charge in [-0.2, -0.15) is 0 Å². The first-order chi connectivity index (χ1) is 16.5. The molecule has 4 aromatic rings. The van der Waals surface area contributed by atoms with Crippen LogP contribution in [0, 0.1) is 6.92 Å². The van der Waals surface area contributed by atoms with Crippen molar-refractivity contribution in [3.8, 4) is 22.8 Å². The molecule has 0 unspecified atom stereocenters. The van der Waals surface area contributed by atoms with E-state index in [1.807, 2.05) is 44.2 Å². The van der Waals surface area contributed by atoms with Crippen LogP contribution in [0.3, 0.4) is 0 Å². The van der Waals surface area contributed by atoms with Crippen molar-refractivity contribution in [2.75, 3.05) is 6.61 Å². The van der Waals surface area contributed by atoms with Gasteiger partial charge in [0.05, 0.1) is 23.7 Å². The van der Waals surface area contributed by atoms with Gasteiger partial charge in [0.2, 0.25) is 0 Å². The number of imidazole rings is 1. The van der Waals surface area contributed by atoms with E-state index in [-0.39, 0.29) is 12.1 Å². The van der Waals surface area contributed by atoms with Crippen molar-refractivity contribution in [1.29, 1.82) is 0 Å². The van der Waals surface area contributed by atoms with Gasteiger partial charge in [0.1, 0.15) is 11.6 Å². The molecule has 1 aromatic heterocycles. The maximum absolute atomic E-state index is 11.6. The van der Waals surface area contributed by atoms with Gasteiger partial charge in [0.25, 0.3) is 0 Å². The van der Waals surface area contributed by atoms with Crippen molar-refractivity contribution in [1.82, 2.24) is 9.55 Å². The average Bonchev–Trinajstić information content (AvgIpc) is 3.20. The molecular formula is C29H32N2O3. The van der Waals surface area contributed by atoms with E-state index in [9.17, 15) is 4.79 Å². The Bertz CT molecular complexity index is 1240. The third-order valence-electron chi connectivity index (χ3n) is 5.58. The molecule has 0 aliphatic rings. The molecule has 0 saturated carbocycles. The predicted octanol–water partition coefficient (Wildman–Crippen LogP) is 6.89. The number of carbonyl (C=O) groups excluding carboxylic acids is 1. The number of hydrogen-bond acceptors (Lipinski definition) is 4. The summed E-state index contributed by atoms with van der Waals surface area (Å²) in [6.07, 6.45) is 3.03. The molecule has 0 aliphatic heterocycles. The minimum Gasteiger partial charge on any atom is -0.494 e. The second-order valence-electron chi connectivity index (χ2n) is 8.82. The fourth-order valence-electron chi connectivity index (χ4n) is 4.02. The minimum atomic E-state index is -0.125. The number of benzene rings is 3. The second kappa shape index (κ2) is 11.0. The fourth-order valence-corrected chi connectivity index (χ4v) is 4.02. The Morgan fingerprint density at radius 3 is 2.53 bits per heavy atom. The van der Waals surface area contributed by atoms with Crippen molar-refractivity contribution in [2.45, 2.75) is 52.6 Å². The number of aryl methyl sites for hydroxylation is 1. The van der Waals surface area contributed by atoms with Gasteiger partial charge in [-0.05, 0) is 70.4 Å². The summed E-state index contributed by atoms with van der Waals surface area (Å²) >= 11 is 0. The summed E-state index contributed by atoms with van der Waals surface area (Å²) in [7, 11) is 0. The normalized spacial score (nSPS) is 11.2. The molecule has 0 fully saturated rings. The number of para-hydroxylation sites is 1. The van der Waals surface area contributed by atoms with Crippen molar-refractivity contribution in [2.24, 2.45) is 0 Å². The van der Waals surface area contributed by atoms with Crippen molar-refractivity contribution < 1.29 is 14.3 Å². The molecule has 0 N–H and O–H groups in total. The number of ether oxygens (including phenoxy) is 2. The molecule has 5 nitrogen and oxygen atoms in total. The number of nitrogens with zero attached hydrogens (tertiary/aromatic N) is 2. The van der Waals surface area contributed by atoms with E-state index < -0.39 is 0 Å². The van der Waals surface area contributed by atoms with E-state index in [4.69, 9.17) is 14.5 Å². The van der Waals surface area contributed by atoms with Gasteiger partial charge in [-0.15, -0.1) is 0 Å². The highest BCUT2D eigenvalue weighted by atomic mass is 16.5. The number of fused-ring (bicyclic) bond motifs is 1. The molecule has 0 aliphatic carbocycles. The van der Waals surface area contributed by atoms with Crippen LogP contribution < -0.4 is 4.74 Å². The van der Waals surface area contributed by atoms with Crippen LogP contribution in [0.5, 0.6) is 5.75 Å². The first kappa shape index (κ1) is 23.6. The zero-order valence-electron chi connectivity index (χ0n) is 20.2. The molecular weight excluding hydrogens is 424 g/mol. The van der Waals surface area contributed by atoms with Crippen LogP contribution in [-0.4, -0.2) is 28.2 Å². The molecule has 0 atom stereocenters. The zero-order valence-corrected chi connectivity index (χ0v) is 20.2. The first-order valence-electron chi connectivity index (χ1n) is 12.0. The predicted molar refractivity (Wildman–Crippen MR) is 136 cm³/mol. The third kappa shape index (κ3) is 5.84. The molecule has 0 bridgehead atoms. The smallest absolute Gasteiger partial charge is 0.306 e. The summed E-state index contributed by atoms with van der Waals surface area (Å²) in [4.78, 5) is 16.6. The molecule has 0 amide bonds. The monoisotopic (exact) mass is 456 g/mol. The van der Waals surface area contributed by atoms with E-state index >= 15 is 0 Å². The number of unbranched alkanes of at least 4 members (excludes halogenated alkanes) is 2. The second-order valence-corrected chi connectivity index (χ2v) is 8.82. The van der Waals surface area contributed by atoms with Crippen LogP contribution in [0.15, 0.2) is 72.8 Å². The molecule has 5 heteroatoms. The SMILES string of the molecule is Cc1cccc(-c2nc3ccc(OCCCCCC(=O)OC(C)C)cc3n2-c2ccccc2)c1. The van der Waals surface area contributed by atoms with E-state index in [1.54, 1.807) is 0 Å². The van der Waals surface area contributed by atoms with Gasteiger partial charge in [-0.25, -0.2) is 4.98 Å². The van der Waals surface area contributed by atoms with Crippen molar-refractivity contribution in [3.63, 3.8) is 0 Å². The molecule has 0 spiro atoms. The van der Waals surface area contributed by atoms with Crippen molar-refractivity contribution in [3.05, 3.63) is 78.4 Å². The first-order valence-corrected chi connectivity index (χ1v) is 12.0. The number of hydrogen-bond donors (Lipinski definition) is 0. The summed E-state index contributed by atoms with van der Waals surface area (Å²) < 4.78 is 13.4. The van der Waals surface area contributed by atoms with E-state index in [2.05, 4.69) is 54.0 Å². The summed E-state index contributed by atoms with van der Waals surface area (Å²) in [6, 6.07) is 24.8. The van der Waals surface area contributed by atoms with E-state index in [0.29, 0.717) is 13.0 Å². The summed E-state index contributed by atoms with van der Waals surface area (Å²) in [5.41, 5.74) is 5.28. The molecule has 3 aromatic carbocycles. The number of esters is 1. The highest BCUT2D eigenvalue weighted by molar-refractivity contribution is 5.84. The van der Waals surface area contributed by atoms with Gasteiger partial charge in [-0.1, -0.05) is 42.0 Å². The van der Waals surface area contributed by atoms with Crippen LogP contribution >= 0.6 is 0 Å². The Hall–Kier alpha value is -3.60. The van der Waals surface area contributed by atoms with E-state index in [0.717, 1.165) is 53.1 Å². The van der Waals surface area contributed by atoms with Gasteiger partial charge >= 0.3 is 5.97 Å². The Morgan fingerprint density at radius 1 is 0.941 bits per heavy atom. The Morgan fingerprint density at radius 2 is 1.76 bits per heavy atom. The van der Waals surface area contributed by atoms with Crippen LogP contribution in [0.1, 0.15) is 45.1 Å². The van der Waals surface area contributed by atoms with E-state index in [1.165, 1.54) is 5.56 Å². The van der Waals surface area contributed by atoms with Crippen molar-refractivity contribution >= 4 is 17.0 Å². The molecule has 1 heterocycles. The number of rotatable bonds is 10. The van der Waals surface area contributed by atoms with Gasteiger partial charge in [-0.3, -0.25) is 9.36 Å². The van der Waals surface area contributed by atoms with Gasteiger partial charge in [0.15, 0.2) is 0 Å². The molecule has 0 radical (unpaired) electrons. The summed E-state index contributed by atoms with van der Waals surface area (Å²) in [5, 5.41) is 0. The average molecular weight is 457 g/mol. The minimum absolute atomic E-state index is 0.0542. The molecule has 34 heavy (non-hydrogen) atoms. The highest BCUT2D eigenvalue weighted by Crippen LogP contribution is 2.31. The molecule has 176 valence electrons. The fraction of sp³-hybridized carbons (Fsp3) is 0.310. The standard InChI is InChI=1S/C29H32N2O3/c1-21(2)34-28(32)15-8-5-9-18-33-25-16-17-26-27(20-25)31(24-13-6-4-7-14-24)29(30-26)23-12-10-11-22(3)19-23/h4,6-7,10-14,16-17,19-21H,5,8-9,15,18H2,1-3H3. The Kier molecular flexibility index (Phi) is 7.63. The molecule has 4 rings (SSSR count).